The van der Waals surface area contributed by atoms with Crippen molar-refractivity contribution in [3.8, 4) is 33.6 Å². The molecule has 0 saturated carbocycles. The Morgan fingerprint density at radius 3 is 1.52 bits per heavy atom. The Kier molecular flexibility index (Phi) is 12.9. The Morgan fingerprint density at radius 2 is 1.02 bits per heavy atom. The number of H-pyrrole nitrogens is 2. The number of nitrogens with one attached hydrogen (secondary N) is 3. The van der Waals surface area contributed by atoms with Gasteiger partial charge in [-0.3, -0.25) is 24.2 Å². The van der Waals surface area contributed by atoms with Gasteiger partial charge in [0.05, 0.1) is 29.7 Å². The highest BCUT2D eigenvalue weighted by Gasteiger charge is 2.41. The van der Waals surface area contributed by atoms with Gasteiger partial charge < -0.3 is 25.1 Å². The molecule has 0 spiro atoms. The molecule has 340 valence electrons. The van der Waals surface area contributed by atoms with Gasteiger partial charge in [0.25, 0.3) is 5.91 Å². The largest absolute Gasteiger partial charge is 0.354 e. The fourth-order valence-electron chi connectivity index (χ4n) is 11.0. The van der Waals surface area contributed by atoms with Crippen molar-refractivity contribution >= 4 is 17.7 Å². The van der Waals surface area contributed by atoms with Gasteiger partial charge in [-0.1, -0.05) is 122 Å². The Morgan fingerprint density at radius 1 is 0.545 bits per heavy atom. The molecular weight excluding hydrogens is 823 g/mol. The van der Waals surface area contributed by atoms with Crippen LogP contribution in [0.4, 0.5) is 0 Å². The summed E-state index contributed by atoms with van der Waals surface area (Å²) in [4.78, 5) is 68.0. The summed E-state index contributed by atoms with van der Waals surface area (Å²) in [5, 5.41) is 2.78. The van der Waals surface area contributed by atoms with E-state index in [-0.39, 0.29) is 41.9 Å². The van der Waals surface area contributed by atoms with Gasteiger partial charge in [0.15, 0.2) is 5.69 Å². The van der Waals surface area contributed by atoms with E-state index >= 15 is 0 Å². The van der Waals surface area contributed by atoms with Crippen LogP contribution in [0.25, 0.3) is 33.6 Å². The van der Waals surface area contributed by atoms with Crippen LogP contribution < -0.4 is 5.32 Å². The van der Waals surface area contributed by atoms with E-state index in [0.29, 0.717) is 23.8 Å². The number of imidazole rings is 2. The summed E-state index contributed by atoms with van der Waals surface area (Å²) in [7, 11) is 1.62. The molecule has 0 unspecified atom stereocenters. The molecular formula is C54H61N9O3. The second kappa shape index (κ2) is 19.6. The van der Waals surface area contributed by atoms with Crippen LogP contribution in [-0.2, 0) is 9.59 Å². The van der Waals surface area contributed by atoms with E-state index in [2.05, 4.69) is 90.6 Å². The van der Waals surface area contributed by atoms with Gasteiger partial charge in [0, 0.05) is 25.7 Å². The van der Waals surface area contributed by atoms with Crippen molar-refractivity contribution in [1.82, 2.24) is 44.9 Å². The maximum absolute atomic E-state index is 14.6. The molecule has 4 fully saturated rings. The molecule has 12 heteroatoms. The van der Waals surface area contributed by atoms with Gasteiger partial charge in [-0.25, -0.2) is 9.97 Å². The number of nitrogens with zero attached hydrogens (tertiary/aromatic N) is 6. The lowest BCUT2D eigenvalue weighted by atomic mass is 10.00. The first-order valence-corrected chi connectivity index (χ1v) is 24.2. The number of likely N-dealkylation sites (tertiary alicyclic amines) is 4. The fourth-order valence-corrected chi connectivity index (χ4v) is 11.0. The number of hydrogen-bond acceptors (Lipinski definition) is 7. The smallest absolute Gasteiger partial charge is 0.271 e. The third-order valence-electron chi connectivity index (χ3n) is 14.4. The number of aromatic amines is 2. The molecule has 4 saturated heterocycles. The van der Waals surface area contributed by atoms with Crippen LogP contribution in [0, 0.1) is 0 Å². The fraction of sp³-hybridized carbons (Fsp3) is 0.389. The van der Waals surface area contributed by atoms with Gasteiger partial charge in [-0.05, 0) is 105 Å². The molecule has 4 aliphatic rings. The molecule has 2 aromatic heterocycles. The first-order valence-electron chi connectivity index (χ1n) is 24.2. The summed E-state index contributed by atoms with van der Waals surface area (Å²) in [5.41, 5.74) is 7.92. The lowest BCUT2D eigenvalue weighted by Crippen LogP contribution is -2.44. The van der Waals surface area contributed by atoms with Crippen molar-refractivity contribution in [2.75, 3.05) is 46.3 Å². The topological polar surface area (TPSA) is 134 Å². The zero-order chi connectivity index (χ0) is 45.0. The second-order valence-corrected chi connectivity index (χ2v) is 18.5. The number of piperidine rings is 2. The maximum Gasteiger partial charge on any atom is 0.271 e. The maximum atomic E-state index is 14.6. The lowest BCUT2D eigenvalue weighted by Gasteiger charge is -2.37. The zero-order valence-electron chi connectivity index (χ0n) is 38.0. The molecule has 3 amide bonds. The zero-order valence-corrected chi connectivity index (χ0v) is 38.0. The minimum absolute atomic E-state index is 0.0917. The standard InChI is InChI=1S/C54H61N9O3/c1-55-52(64)47-46(58-51(59-47)45-21-15-35-63(45)54(66)49(42-18-8-3-9-19-42)61-32-12-5-13-33-61)40-28-24-38(25-29-40)37-22-26-39(27-23-37)43-36-56-50(57-43)44-20-14-34-62(44)53(65)48(41-16-6-2-7-17-41)60-30-10-4-11-31-60/h2-3,6-9,16-19,22-29,36,44-45,48-49H,4-5,10-15,20-21,30-35H2,1H3,(H,55,64)(H,56,57)(H,58,59)/t44-,45-,48+,49+/m0/s1. The van der Waals surface area contributed by atoms with Crippen LogP contribution in [0.3, 0.4) is 0 Å². The third kappa shape index (κ3) is 8.84. The minimum atomic E-state index is -0.346. The molecule has 66 heavy (non-hydrogen) atoms. The van der Waals surface area contributed by atoms with Crippen molar-refractivity contribution in [2.24, 2.45) is 0 Å². The van der Waals surface area contributed by atoms with Crippen LogP contribution in [0.2, 0.25) is 0 Å². The summed E-state index contributed by atoms with van der Waals surface area (Å²) in [6.07, 6.45) is 12.2. The molecule has 12 nitrogen and oxygen atoms in total. The van der Waals surface area contributed by atoms with E-state index in [1.807, 2.05) is 59.6 Å². The highest BCUT2D eigenvalue weighted by Crippen LogP contribution is 2.39. The SMILES string of the molecule is CNC(=O)c1nc([C@@H]2CCCN2C(=O)[C@@H](c2ccccc2)N2CCCCC2)[nH]c1-c1ccc(-c2ccc(-c3cnc([C@@H]4CCCN4C(=O)[C@@H](c4ccccc4)N4CCCCC4)[nH]3)cc2)cc1. The molecule has 6 heterocycles. The van der Waals surface area contributed by atoms with Crippen molar-refractivity contribution in [2.45, 2.75) is 88.4 Å². The van der Waals surface area contributed by atoms with Crippen LogP contribution in [0.1, 0.15) is 122 Å². The second-order valence-electron chi connectivity index (χ2n) is 18.5. The summed E-state index contributed by atoms with van der Waals surface area (Å²) in [6, 6.07) is 36.1. The first kappa shape index (κ1) is 43.5. The van der Waals surface area contributed by atoms with E-state index in [1.54, 1.807) is 7.05 Å². The van der Waals surface area contributed by atoms with Crippen molar-refractivity contribution in [3.63, 3.8) is 0 Å². The van der Waals surface area contributed by atoms with Crippen molar-refractivity contribution in [1.29, 1.82) is 0 Å². The summed E-state index contributed by atoms with van der Waals surface area (Å²) in [6.45, 7) is 5.07. The average Bonchev–Trinajstić information content (AvgIpc) is 4.23. The first-order chi connectivity index (χ1) is 32.4. The Balaban J connectivity index is 0.846. The normalized spacial score (nSPS) is 20.3. The predicted molar refractivity (Wildman–Crippen MR) is 257 cm³/mol. The van der Waals surface area contributed by atoms with E-state index in [1.165, 1.54) is 12.8 Å². The number of amides is 3. The molecule has 0 aliphatic carbocycles. The monoisotopic (exact) mass is 883 g/mol. The molecule has 4 aromatic carbocycles. The number of carbonyl (C=O) groups excluding carboxylic acids is 3. The quantitative estimate of drug-likeness (QED) is 0.112. The molecule has 6 aromatic rings. The molecule has 0 bridgehead atoms. The summed E-state index contributed by atoms with van der Waals surface area (Å²) < 4.78 is 0. The molecule has 3 N–H and O–H groups in total. The summed E-state index contributed by atoms with van der Waals surface area (Å²) >= 11 is 0. The van der Waals surface area contributed by atoms with Crippen molar-refractivity contribution in [3.05, 3.63) is 144 Å². The minimum Gasteiger partial charge on any atom is -0.354 e. The Labute approximate surface area is 387 Å². The number of carbonyl (C=O) groups is 3. The number of hydrogen-bond donors (Lipinski definition) is 3. The summed E-state index contributed by atoms with van der Waals surface area (Å²) in [5.74, 6) is 1.47. The van der Waals surface area contributed by atoms with E-state index in [4.69, 9.17) is 9.97 Å². The van der Waals surface area contributed by atoms with Crippen LogP contribution in [-0.4, -0.2) is 104 Å². The van der Waals surface area contributed by atoms with Crippen LogP contribution in [0.15, 0.2) is 115 Å². The van der Waals surface area contributed by atoms with Crippen LogP contribution in [0.5, 0.6) is 0 Å². The highest BCUT2D eigenvalue weighted by molar-refractivity contribution is 5.98. The highest BCUT2D eigenvalue weighted by atomic mass is 16.2. The third-order valence-corrected chi connectivity index (χ3v) is 14.4. The number of benzene rings is 4. The number of aromatic nitrogens is 4. The Bertz CT molecular complexity index is 2600. The van der Waals surface area contributed by atoms with Gasteiger partial charge in [0.1, 0.15) is 23.7 Å². The Hall–Kier alpha value is -6.37. The van der Waals surface area contributed by atoms with Gasteiger partial charge in [-0.15, -0.1) is 0 Å². The van der Waals surface area contributed by atoms with Crippen molar-refractivity contribution < 1.29 is 14.4 Å². The van der Waals surface area contributed by atoms with Crippen LogP contribution >= 0.6 is 0 Å². The van der Waals surface area contributed by atoms with Gasteiger partial charge in [-0.2, -0.15) is 0 Å². The van der Waals surface area contributed by atoms with E-state index in [0.717, 1.165) is 129 Å². The molecule has 0 radical (unpaired) electrons. The average molecular weight is 884 g/mol. The van der Waals surface area contributed by atoms with Gasteiger partial charge >= 0.3 is 0 Å². The molecule has 4 atom stereocenters. The van der Waals surface area contributed by atoms with E-state index < -0.39 is 0 Å². The van der Waals surface area contributed by atoms with Gasteiger partial charge in [0.2, 0.25) is 11.8 Å². The number of rotatable bonds is 12. The lowest BCUT2D eigenvalue weighted by molar-refractivity contribution is -0.139. The predicted octanol–water partition coefficient (Wildman–Crippen LogP) is 9.27. The molecule has 4 aliphatic heterocycles. The molecule has 10 rings (SSSR count). The van der Waals surface area contributed by atoms with E-state index in [9.17, 15) is 14.4 Å².